The van der Waals surface area contributed by atoms with Crippen molar-refractivity contribution in [3.63, 3.8) is 0 Å². The summed E-state index contributed by atoms with van der Waals surface area (Å²) in [5, 5.41) is 0. The largest absolute Gasteiger partial charge is 0.302 e. The number of hydrogen-bond donors (Lipinski definition) is 0. The second-order valence-corrected chi connectivity index (χ2v) is 3.66. The van der Waals surface area contributed by atoms with E-state index in [1.165, 1.54) is 17.9 Å². The lowest BCUT2D eigenvalue weighted by atomic mass is 10.4. The highest BCUT2D eigenvalue weighted by Crippen LogP contribution is 2.08. The second-order valence-electron chi connectivity index (χ2n) is 2.43. The molecule has 0 unspecified atom stereocenters. The molecule has 1 aliphatic rings. The molecule has 1 heterocycles. The quantitative estimate of drug-likeness (QED) is 0.551. The first-order valence-corrected chi connectivity index (χ1v) is 4.82. The van der Waals surface area contributed by atoms with Gasteiger partial charge in [-0.25, -0.2) is 0 Å². The number of hydrogen-bond acceptors (Lipinski definition) is 3. The third kappa shape index (κ3) is 2.71. The highest BCUT2D eigenvalue weighted by atomic mass is 32.2. The molecule has 0 radical (unpaired) electrons. The molecule has 0 N–H and O–H groups in total. The number of aldehydes is 1. The predicted octanol–water partition coefficient (Wildman–Crippen LogP) is 0.624. The third-order valence-electron chi connectivity index (χ3n) is 1.65. The Morgan fingerprint density at radius 3 is 3.10 bits per heavy atom. The van der Waals surface area contributed by atoms with Gasteiger partial charge in [-0.05, 0) is 18.7 Å². The summed E-state index contributed by atoms with van der Waals surface area (Å²) >= 11 is 1.99. The molecule has 0 atom stereocenters. The molecule has 10 heavy (non-hydrogen) atoms. The normalized spacial score (nSPS) is 22.0. The molecule has 0 aromatic carbocycles. The second kappa shape index (κ2) is 4.74. The Morgan fingerprint density at radius 2 is 2.30 bits per heavy atom. The van der Waals surface area contributed by atoms with Crippen molar-refractivity contribution >= 4 is 18.0 Å². The van der Waals surface area contributed by atoms with Crippen LogP contribution in [-0.4, -0.2) is 42.3 Å². The topological polar surface area (TPSA) is 20.3 Å². The van der Waals surface area contributed by atoms with E-state index < -0.39 is 0 Å². The van der Waals surface area contributed by atoms with Gasteiger partial charge in [-0.2, -0.15) is 11.8 Å². The fourth-order valence-corrected chi connectivity index (χ4v) is 2.01. The van der Waals surface area contributed by atoms with Crippen LogP contribution in [0.25, 0.3) is 0 Å². The summed E-state index contributed by atoms with van der Waals surface area (Å²) < 4.78 is 0. The summed E-state index contributed by atoms with van der Waals surface area (Å²) in [6, 6.07) is 0. The van der Waals surface area contributed by atoms with Gasteiger partial charge in [0.25, 0.3) is 0 Å². The van der Waals surface area contributed by atoms with Crippen LogP contribution in [0, 0.1) is 0 Å². The molecule has 58 valence electrons. The third-order valence-corrected chi connectivity index (χ3v) is 2.70. The Kier molecular flexibility index (Phi) is 3.83. The van der Waals surface area contributed by atoms with Crippen LogP contribution in [0.5, 0.6) is 0 Å². The van der Waals surface area contributed by atoms with E-state index in [-0.39, 0.29) is 0 Å². The summed E-state index contributed by atoms with van der Waals surface area (Å²) in [4.78, 5) is 12.4. The van der Waals surface area contributed by atoms with E-state index in [0.717, 1.165) is 19.4 Å². The Balaban J connectivity index is 2.21. The van der Waals surface area contributed by atoms with Crippen LogP contribution < -0.4 is 0 Å². The minimum absolute atomic E-state index is 0.626. The average Bonchev–Trinajstić information content (AvgIpc) is 2.17. The Bertz CT molecular complexity index is 99.8. The van der Waals surface area contributed by atoms with Crippen molar-refractivity contribution in [1.29, 1.82) is 0 Å². The fraction of sp³-hybridized carbons (Fsp3) is 0.857. The summed E-state index contributed by atoms with van der Waals surface area (Å²) in [7, 11) is 0. The molecule has 0 aliphatic carbocycles. The number of rotatable bonds is 2. The molecule has 0 amide bonds. The Labute approximate surface area is 66.0 Å². The maximum atomic E-state index is 10.1. The monoisotopic (exact) mass is 159 g/mol. The van der Waals surface area contributed by atoms with E-state index in [2.05, 4.69) is 4.90 Å². The van der Waals surface area contributed by atoms with E-state index >= 15 is 0 Å². The summed E-state index contributed by atoms with van der Waals surface area (Å²) in [5.74, 6) is 2.45. The number of thioether (sulfide) groups is 1. The van der Waals surface area contributed by atoms with Crippen molar-refractivity contribution in [3.8, 4) is 0 Å². The summed E-state index contributed by atoms with van der Waals surface area (Å²) in [6.07, 6.45) is 2.23. The van der Waals surface area contributed by atoms with Crippen LogP contribution in [-0.2, 0) is 4.79 Å². The Hall–Kier alpha value is -0.0200. The minimum atomic E-state index is 0.626. The first-order valence-electron chi connectivity index (χ1n) is 3.67. The Morgan fingerprint density at radius 1 is 1.40 bits per heavy atom. The van der Waals surface area contributed by atoms with Crippen molar-refractivity contribution in [3.05, 3.63) is 0 Å². The van der Waals surface area contributed by atoms with Gasteiger partial charge in [-0.1, -0.05) is 0 Å². The van der Waals surface area contributed by atoms with Crippen molar-refractivity contribution in [1.82, 2.24) is 4.90 Å². The van der Waals surface area contributed by atoms with Gasteiger partial charge in [-0.3, -0.25) is 4.90 Å². The molecule has 0 aromatic heterocycles. The maximum absolute atomic E-state index is 10.1. The van der Waals surface area contributed by atoms with Crippen molar-refractivity contribution in [2.24, 2.45) is 0 Å². The first-order chi connectivity index (χ1) is 4.93. The van der Waals surface area contributed by atoms with Gasteiger partial charge in [-0.15, -0.1) is 0 Å². The molecule has 0 saturated carbocycles. The molecule has 1 rings (SSSR count). The van der Waals surface area contributed by atoms with Crippen molar-refractivity contribution < 1.29 is 4.79 Å². The molecule has 1 saturated heterocycles. The van der Waals surface area contributed by atoms with Crippen LogP contribution in [0.2, 0.25) is 0 Å². The molecular formula is C7H13NOS. The van der Waals surface area contributed by atoms with Crippen LogP contribution in [0.4, 0.5) is 0 Å². The van der Waals surface area contributed by atoms with E-state index in [1.807, 2.05) is 11.8 Å². The minimum Gasteiger partial charge on any atom is -0.302 e. The molecule has 3 heteroatoms. The maximum Gasteiger partial charge on any atom is 0.133 e. The molecule has 2 nitrogen and oxygen atoms in total. The van der Waals surface area contributed by atoms with Crippen molar-refractivity contribution in [2.45, 2.75) is 6.42 Å². The zero-order valence-corrected chi connectivity index (χ0v) is 6.90. The van der Waals surface area contributed by atoms with Crippen LogP contribution in [0.1, 0.15) is 6.42 Å². The highest BCUT2D eigenvalue weighted by molar-refractivity contribution is 7.99. The van der Waals surface area contributed by atoms with E-state index in [1.54, 1.807) is 0 Å². The standard InChI is InChI=1S/C7H13NOS/c9-5-3-8-2-1-6-10-7-4-8/h5H,1-4,6-7H2. The van der Waals surface area contributed by atoms with Gasteiger partial charge >= 0.3 is 0 Å². The van der Waals surface area contributed by atoms with Crippen LogP contribution >= 0.6 is 11.8 Å². The zero-order chi connectivity index (χ0) is 7.23. The van der Waals surface area contributed by atoms with Crippen LogP contribution in [0.15, 0.2) is 0 Å². The summed E-state index contributed by atoms with van der Waals surface area (Å²) in [6.45, 7) is 2.82. The van der Waals surface area contributed by atoms with Gasteiger partial charge in [0.15, 0.2) is 0 Å². The molecule has 0 spiro atoms. The van der Waals surface area contributed by atoms with Gasteiger partial charge in [0.05, 0.1) is 6.54 Å². The van der Waals surface area contributed by atoms with Crippen molar-refractivity contribution in [2.75, 3.05) is 31.1 Å². The molecule has 0 aromatic rings. The fourth-order valence-electron chi connectivity index (χ4n) is 1.09. The molecule has 1 aliphatic heterocycles. The zero-order valence-electron chi connectivity index (χ0n) is 6.08. The predicted molar refractivity (Wildman–Crippen MR) is 44.4 cm³/mol. The lowest BCUT2D eigenvalue weighted by molar-refractivity contribution is -0.108. The SMILES string of the molecule is O=CCN1CCCSCC1. The lowest BCUT2D eigenvalue weighted by Gasteiger charge is -2.14. The van der Waals surface area contributed by atoms with E-state index in [9.17, 15) is 4.79 Å². The number of nitrogens with zero attached hydrogens (tertiary/aromatic N) is 1. The van der Waals surface area contributed by atoms with Gasteiger partial charge in [0, 0.05) is 12.3 Å². The average molecular weight is 159 g/mol. The first kappa shape index (κ1) is 8.08. The van der Waals surface area contributed by atoms with Gasteiger partial charge in [0.2, 0.25) is 0 Å². The smallest absolute Gasteiger partial charge is 0.133 e. The van der Waals surface area contributed by atoms with Gasteiger partial charge < -0.3 is 4.79 Å². The molecule has 0 bridgehead atoms. The van der Waals surface area contributed by atoms with E-state index in [0.29, 0.717) is 6.54 Å². The lowest BCUT2D eigenvalue weighted by Crippen LogP contribution is -2.27. The highest BCUT2D eigenvalue weighted by Gasteiger charge is 2.06. The molecule has 1 fully saturated rings. The molecular weight excluding hydrogens is 146 g/mol. The summed E-state index contributed by atoms with van der Waals surface area (Å²) in [5.41, 5.74) is 0. The van der Waals surface area contributed by atoms with Crippen LogP contribution in [0.3, 0.4) is 0 Å². The van der Waals surface area contributed by atoms with E-state index in [4.69, 9.17) is 0 Å². The number of carbonyl (C=O) groups is 1. The van der Waals surface area contributed by atoms with Gasteiger partial charge in [0.1, 0.15) is 6.29 Å². The number of carbonyl (C=O) groups excluding carboxylic acids is 1.